The number of aliphatic hydroxyl groups excluding tert-OH is 1. The van der Waals surface area contributed by atoms with E-state index in [9.17, 15) is 9.90 Å². The van der Waals surface area contributed by atoms with Crippen molar-refractivity contribution in [3.63, 3.8) is 0 Å². The molecule has 8 heteroatoms. The molecule has 0 spiro atoms. The lowest BCUT2D eigenvalue weighted by Crippen LogP contribution is -2.36. The first-order chi connectivity index (χ1) is 8.08. The number of likely N-dealkylation sites (N-methyl/N-ethyl adjacent to an activating group) is 1. The minimum Gasteiger partial charge on any atom is -0.389 e. The summed E-state index contributed by atoms with van der Waals surface area (Å²) in [4.78, 5) is 13.3. The second-order valence-electron chi connectivity index (χ2n) is 3.46. The van der Waals surface area contributed by atoms with E-state index in [0.717, 1.165) is 0 Å². The third-order valence-corrected chi connectivity index (χ3v) is 2.94. The van der Waals surface area contributed by atoms with E-state index in [2.05, 4.69) is 15.5 Å². The van der Waals surface area contributed by atoms with Crippen LogP contribution in [-0.4, -0.2) is 66.6 Å². The topological polar surface area (TPSA) is 87.6 Å². The molecule has 7 nitrogen and oxygen atoms in total. The van der Waals surface area contributed by atoms with Gasteiger partial charge in [-0.3, -0.25) is 4.79 Å². The molecule has 0 aromatic carbocycles. The summed E-state index contributed by atoms with van der Waals surface area (Å²) in [6, 6.07) is 0. The highest BCUT2D eigenvalue weighted by atomic mass is 32.1. The molecule has 1 heterocycles. The normalized spacial score (nSPS) is 12.2. The van der Waals surface area contributed by atoms with Gasteiger partial charge >= 0.3 is 0 Å². The molecule has 2 N–H and O–H groups in total. The van der Waals surface area contributed by atoms with Gasteiger partial charge in [-0.15, -0.1) is 10.2 Å². The van der Waals surface area contributed by atoms with Gasteiger partial charge < -0.3 is 20.1 Å². The van der Waals surface area contributed by atoms with Gasteiger partial charge in [-0.2, -0.15) is 0 Å². The highest BCUT2D eigenvalue weighted by Crippen LogP contribution is 2.15. The van der Waals surface area contributed by atoms with Crippen molar-refractivity contribution in [3.05, 3.63) is 5.01 Å². The monoisotopic (exact) mass is 260 g/mol. The van der Waals surface area contributed by atoms with Crippen LogP contribution in [0.15, 0.2) is 0 Å². The van der Waals surface area contributed by atoms with E-state index >= 15 is 0 Å². The van der Waals surface area contributed by atoms with E-state index in [4.69, 9.17) is 4.74 Å². The number of carbonyl (C=O) groups excluding carboxylic acids is 1. The van der Waals surface area contributed by atoms with Gasteiger partial charge in [0.15, 0.2) is 0 Å². The van der Waals surface area contributed by atoms with Crippen LogP contribution in [0.25, 0.3) is 0 Å². The van der Waals surface area contributed by atoms with Gasteiger partial charge in [0.1, 0.15) is 0 Å². The van der Waals surface area contributed by atoms with Gasteiger partial charge in [0, 0.05) is 27.7 Å². The molecule has 1 rings (SSSR count). The molecule has 0 radical (unpaired) electrons. The molecule has 0 saturated carbocycles. The van der Waals surface area contributed by atoms with Crippen molar-refractivity contribution in [3.8, 4) is 0 Å². The first kappa shape index (κ1) is 13.8. The lowest BCUT2D eigenvalue weighted by molar-refractivity contribution is 0.0380. The maximum Gasteiger partial charge on any atom is 0.284 e. The molecule has 0 aliphatic carbocycles. The number of hydrogen-bond donors (Lipinski definition) is 2. The smallest absolute Gasteiger partial charge is 0.284 e. The van der Waals surface area contributed by atoms with Crippen molar-refractivity contribution in [2.75, 3.05) is 39.7 Å². The van der Waals surface area contributed by atoms with Crippen molar-refractivity contribution in [1.29, 1.82) is 0 Å². The Bertz CT molecular complexity index is 371. The van der Waals surface area contributed by atoms with Crippen molar-refractivity contribution in [1.82, 2.24) is 15.1 Å². The zero-order valence-electron chi connectivity index (χ0n) is 10.0. The lowest BCUT2D eigenvalue weighted by Gasteiger charge is -2.18. The summed E-state index contributed by atoms with van der Waals surface area (Å²) in [5, 5.41) is 20.7. The van der Waals surface area contributed by atoms with E-state index in [1.807, 2.05) is 0 Å². The van der Waals surface area contributed by atoms with E-state index in [1.54, 1.807) is 14.1 Å². The van der Waals surface area contributed by atoms with Crippen molar-refractivity contribution in [2.24, 2.45) is 0 Å². The Morgan fingerprint density at radius 1 is 1.65 bits per heavy atom. The Kier molecular flexibility index (Phi) is 5.26. The van der Waals surface area contributed by atoms with Gasteiger partial charge in [-0.05, 0) is 0 Å². The predicted octanol–water partition coefficient (Wildman–Crippen LogP) is -0.341. The zero-order valence-corrected chi connectivity index (χ0v) is 10.8. The number of amides is 1. The second-order valence-corrected chi connectivity index (χ2v) is 4.43. The quantitative estimate of drug-likeness (QED) is 0.727. The van der Waals surface area contributed by atoms with Crippen molar-refractivity contribution < 1.29 is 14.6 Å². The molecule has 0 saturated heterocycles. The summed E-state index contributed by atoms with van der Waals surface area (Å²) >= 11 is 1.17. The van der Waals surface area contributed by atoms with Gasteiger partial charge in [-0.25, -0.2) is 0 Å². The molecule has 1 aromatic rings. The Labute approximate surface area is 103 Å². The summed E-state index contributed by atoms with van der Waals surface area (Å²) in [5.41, 5.74) is 0. The fourth-order valence-electron chi connectivity index (χ4n) is 1.22. The lowest BCUT2D eigenvalue weighted by atomic mass is 10.3. The Hall–Kier alpha value is -1.25. The summed E-state index contributed by atoms with van der Waals surface area (Å²) < 4.78 is 4.79. The molecule has 0 fully saturated rings. The average Bonchev–Trinajstić information content (AvgIpc) is 2.76. The Balaban J connectivity index is 2.57. The van der Waals surface area contributed by atoms with Crippen LogP contribution in [0.1, 0.15) is 9.80 Å². The minimum absolute atomic E-state index is 0.190. The maximum absolute atomic E-state index is 11.9. The van der Waals surface area contributed by atoms with Gasteiger partial charge in [0.05, 0.1) is 12.7 Å². The number of nitrogens with zero attached hydrogens (tertiary/aromatic N) is 3. The van der Waals surface area contributed by atoms with E-state index in [1.165, 1.54) is 23.3 Å². The van der Waals surface area contributed by atoms with Crippen LogP contribution < -0.4 is 5.32 Å². The number of aromatic nitrogens is 2. The average molecular weight is 260 g/mol. The number of ether oxygens (including phenoxy) is 1. The summed E-state index contributed by atoms with van der Waals surface area (Å²) in [5.74, 6) is -0.265. The standard InChI is InChI=1S/C9H16N4O3S/c1-10-9-12-11-7(17-9)8(15)13(2)4-6(14)5-16-3/h6,14H,4-5H2,1-3H3,(H,10,12). The summed E-state index contributed by atoms with van der Waals surface area (Å²) in [6.45, 7) is 0.386. The van der Waals surface area contributed by atoms with Crippen LogP contribution in [0.3, 0.4) is 0 Å². The van der Waals surface area contributed by atoms with Crippen LogP contribution >= 0.6 is 11.3 Å². The largest absolute Gasteiger partial charge is 0.389 e. The molecule has 0 aliphatic heterocycles. The molecule has 0 aliphatic rings. The van der Waals surface area contributed by atoms with Gasteiger partial charge in [0.25, 0.3) is 5.91 Å². The van der Waals surface area contributed by atoms with E-state index in [0.29, 0.717) is 10.1 Å². The fraction of sp³-hybridized carbons (Fsp3) is 0.667. The number of hydrogen-bond acceptors (Lipinski definition) is 7. The summed E-state index contributed by atoms with van der Waals surface area (Å²) in [7, 11) is 4.80. The highest BCUT2D eigenvalue weighted by molar-refractivity contribution is 7.17. The van der Waals surface area contributed by atoms with Gasteiger partial charge in [-0.1, -0.05) is 11.3 Å². The van der Waals surface area contributed by atoms with Crippen LogP contribution in [0.2, 0.25) is 0 Å². The Morgan fingerprint density at radius 3 is 2.88 bits per heavy atom. The number of anilines is 1. The summed E-state index contributed by atoms with van der Waals surface area (Å²) in [6.07, 6.45) is -0.703. The number of rotatable bonds is 6. The molecule has 17 heavy (non-hydrogen) atoms. The maximum atomic E-state index is 11.9. The third kappa shape index (κ3) is 3.91. The first-order valence-corrected chi connectivity index (χ1v) is 5.83. The predicted molar refractivity (Wildman–Crippen MR) is 64.3 cm³/mol. The molecule has 0 bridgehead atoms. The zero-order chi connectivity index (χ0) is 12.8. The molecule has 1 atom stereocenters. The SMILES string of the molecule is CNc1nnc(C(=O)N(C)CC(O)COC)s1. The number of carbonyl (C=O) groups is 1. The van der Waals surface area contributed by atoms with Crippen LogP contribution in [0, 0.1) is 0 Å². The number of methoxy groups -OCH3 is 1. The van der Waals surface area contributed by atoms with E-state index < -0.39 is 6.10 Å². The van der Waals surface area contributed by atoms with Gasteiger partial charge in [0.2, 0.25) is 10.1 Å². The third-order valence-electron chi connectivity index (χ3n) is 2.01. The molecule has 1 unspecified atom stereocenters. The van der Waals surface area contributed by atoms with Crippen LogP contribution in [-0.2, 0) is 4.74 Å². The first-order valence-electron chi connectivity index (χ1n) is 5.02. The highest BCUT2D eigenvalue weighted by Gasteiger charge is 2.19. The Morgan fingerprint density at radius 2 is 2.35 bits per heavy atom. The van der Waals surface area contributed by atoms with Crippen LogP contribution in [0.5, 0.6) is 0 Å². The second kappa shape index (κ2) is 6.48. The number of aliphatic hydroxyl groups is 1. The van der Waals surface area contributed by atoms with E-state index in [-0.39, 0.29) is 19.1 Å². The van der Waals surface area contributed by atoms with Crippen molar-refractivity contribution >= 4 is 22.4 Å². The van der Waals surface area contributed by atoms with Crippen LogP contribution in [0.4, 0.5) is 5.13 Å². The molecule has 1 aromatic heterocycles. The fourth-order valence-corrected chi connectivity index (χ4v) is 1.91. The molecule has 1 amide bonds. The number of nitrogens with one attached hydrogen (secondary N) is 1. The molecule has 96 valence electrons. The molecular weight excluding hydrogens is 244 g/mol. The van der Waals surface area contributed by atoms with Crippen molar-refractivity contribution in [2.45, 2.75) is 6.10 Å². The minimum atomic E-state index is -0.703. The molecular formula is C9H16N4O3S.